The molecule has 3 aromatic heterocycles. The van der Waals surface area contributed by atoms with Gasteiger partial charge >= 0.3 is 0 Å². The predicted octanol–water partition coefficient (Wildman–Crippen LogP) is 4.64. The van der Waals surface area contributed by atoms with Crippen molar-refractivity contribution >= 4 is 27.8 Å². The molecule has 0 aliphatic rings. The van der Waals surface area contributed by atoms with E-state index in [0.717, 1.165) is 16.7 Å². The first-order valence-corrected chi connectivity index (χ1v) is 10.2. The molecule has 0 bridgehead atoms. The summed E-state index contributed by atoms with van der Waals surface area (Å²) in [7, 11) is 0. The quantitative estimate of drug-likeness (QED) is 0.407. The first-order chi connectivity index (χ1) is 16.0. The van der Waals surface area contributed by atoms with Gasteiger partial charge in [0.15, 0.2) is 23.1 Å². The molecule has 0 fully saturated rings. The molecule has 0 saturated carbocycles. The highest BCUT2D eigenvalue weighted by atomic mass is 19.2. The third kappa shape index (κ3) is 3.49. The van der Waals surface area contributed by atoms with Gasteiger partial charge in [0.25, 0.3) is 5.56 Å². The maximum Gasteiger partial charge on any atom is 0.263 e. The van der Waals surface area contributed by atoms with Crippen LogP contribution in [0.1, 0.15) is 25.1 Å². The van der Waals surface area contributed by atoms with Crippen LogP contribution in [0.3, 0.4) is 0 Å². The fourth-order valence-electron chi connectivity index (χ4n) is 3.90. The van der Waals surface area contributed by atoms with Gasteiger partial charge in [-0.05, 0) is 42.1 Å². The average Bonchev–Trinajstić information content (AvgIpc) is 3.30. The van der Waals surface area contributed by atoms with Gasteiger partial charge in [-0.3, -0.25) is 9.36 Å². The maximum atomic E-state index is 14.8. The lowest BCUT2D eigenvalue weighted by atomic mass is 10.0. The van der Waals surface area contributed by atoms with E-state index in [2.05, 4.69) is 25.3 Å². The van der Waals surface area contributed by atoms with Crippen LogP contribution >= 0.6 is 0 Å². The van der Waals surface area contributed by atoms with E-state index in [1.54, 1.807) is 6.07 Å². The van der Waals surface area contributed by atoms with Crippen LogP contribution in [-0.4, -0.2) is 24.5 Å². The van der Waals surface area contributed by atoms with Crippen LogP contribution in [0.2, 0.25) is 0 Å². The SMILES string of the molecule is CC[C@@H](Nc1ncnc2nc[nH]c12)c1cc2ccc(F)cc2c(=O)n1-c1cccc(F)c1F. The van der Waals surface area contributed by atoms with E-state index in [9.17, 15) is 18.0 Å². The normalized spacial score (nSPS) is 12.4. The summed E-state index contributed by atoms with van der Waals surface area (Å²) >= 11 is 0. The Labute approximate surface area is 185 Å². The number of nitrogens with zero attached hydrogens (tertiary/aromatic N) is 4. The van der Waals surface area contributed by atoms with Crippen molar-refractivity contribution in [2.24, 2.45) is 0 Å². The van der Waals surface area contributed by atoms with Crippen molar-refractivity contribution in [3.05, 3.63) is 88.6 Å². The maximum absolute atomic E-state index is 14.8. The molecule has 10 heteroatoms. The van der Waals surface area contributed by atoms with Gasteiger partial charge in [0.05, 0.1) is 23.4 Å². The van der Waals surface area contributed by atoms with Crippen molar-refractivity contribution < 1.29 is 13.2 Å². The van der Waals surface area contributed by atoms with Crippen molar-refractivity contribution in [2.75, 3.05) is 5.32 Å². The van der Waals surface area contributed by atoms with Crippen LogP contribution in [0.5, 0.6) is 0 Å². The van der Waals surface area contributed by atoms with Gasteiger partial charge in [0, 0.05) is 5.69 Å². The summed E-state index contributed by atoms with van der Waals surface area (Å²) in [6.45, 7) is 1.87. The molecular formula is C23H17F3N6O. The molecule has 7 nitrogen and oxygen atoms in total. The van der Waals surface area contributed by atoms with E-state index in [1.165, 1.54) is 36.9 Å². The lowest BCUT2D eigenvalue weighted by molar-refractivity contribution is 0.501. The van der Waals surface area contributed by atoms with Crippen LogP contribution < -0.4 is 10.9 Å². The molecule has 0 aliphatic carbocycles. The molecule has 0 aliphatic heterocycles. The molecule has 3 heterocycles. The van der Waals surface area contributed by atoms with Crippen molar-refractivity contribution in [2.45, 2.75) is 19.4 Å². The number of hydrogen-bond donors (Lipinski definition) is 2. The minimum absolute atomic E-state index is 0.0512. The summed E-state index contributed by atoms with van der Waals surface area (Å²) < 4.78 is 43.9. The first kappa shape index (κ1) is 20.7. The second-order valence-electron chi connectivity index (χ2n) is 7.44. The van der Waals surface area contributed by atoms with E-state index in [1.807, 2.05) is 6.92 Å². The van der Waals surface area contributed by atoms with Crippen molar-refractivity contribution in [3.8, 4) is 5.69 Å². The Morgan fingerprint density at radius 2 is 1.94 bits per heavy atom. The van der Waals surface area contributed by atoms with Gasteiger partial charge in [-0.15, -0.1) is 0 Å². The van der Waals surface area contributed by atoms with Gasteiger partial charge in [-0.1, -0.05) is 19.1 Å². The molecule has 2 aromatic carbocycles. The third-order valence-electron chi connectivity index (χ3n) is 5.48. The summed E-state index contributed by atoms with van der Waals surface area (Å²) in [6.07, 6.45) is 3.29. The molecule has 0 unspecified atom stereocenters. The average molecular weight is 450 g/mol. The van der Waals surface area contributed by atoms with Crippen molar-refractivity contribution in [3.63, 3.8) is 0 Å². The first-order valence-electron chi connectivity index (χ1n) is 10.2. The Hall–Kier alpha value is -4.21. The standard InChI is InChI=1S/C23H17F3N6O/c1-2-16(31-22-20-21(28-10-27-20)29-11-30-22)18-8-12-6-7-13(24)9-14(12)23(33)32(18)17-5-3-4-15(25)19(17)26/h3-11,16H,2H2,1H3,(H2,27,28,29,30,31)/t16-/m1/s1. The summed E-state index contributed by atoms with van der Waals surface area (Å²) in [5.41, 5.74) is 0.434. The van der Waals surface area contributed by atoms with Crippen molar-refractivity contribution in [1.82, 2.24) is 24.5 Å². The topological polar surface area (TPSA) is 88.5 Å². The van der Waals surface area contributed by atoms with Gasteiger partial charge in [0.1, 0.15) is 17.7 Å². The molecule has 2 N–H and O–H groups in total. The van der Waals surface area contributed by atoms with E-state index in [-0.39, 0.29) is 11.1 Å². The molecular weight excluding hydrogens is 433 g/mol. The number of rotatable bonds is 5. The molecule has 0 spiro atoms. The monoisotopic (exact) mass is 450 g/mol. The highest BCUT2D eigenvalue weighted by Crippen LogP contribution is 2.29. The highest BCUT2D eigenvalue weighted by Gasteiger charge is 2.23. The minimum Gasteiger partial charge on any atom is -0.360 e. The second-order valence-corrected chi connectivity index (χ2v) is 7.44. The number of H-pyrrole nitrogens is 1. The molecule has 5 rings (SSSR count). The Kier molecular flexibility index (Phi) is 5.04. The van der Waals surface area contributed by atoms with Gasteiger partial charge < -0.3 is 10.3 Å². The van der Waals surface area contributed by atoms with E-state index in [0.29, 0.717) is 34.5 Å². The molecule has 0 amide bonds. The molecule has 33 heavy (non-hydrogen) atoms. The summed E-state index contributed by atoms with van der Waals surface area (Å²) in [5.74, 6) is -2.45. The number of nitrogens with one attached hydrogen (secondary N) is 2. The van der Waals surface area contributed by atoms with Gasteiger partial charge in [-0.2, -0.15) is 0 Å². The van der Waals surface area contributed by atoms with Crippen LogP contribution in [0.25, 0.3) is 27.6 Å². The molecule has 0 saturated heterocycles. The van der Waals surface area contributed by atoms with Crippen LogP contribution in [0, 0.1) is 17.5 Å². The fourth-order valence-corrected chi connectivity index (χ4v) is 3.90. The zero-order chi connectivity index (χ0) is 23.1. The number of anilines is 1. The lowest BCUT2D eigenvalue weighted by Gasteiger charge is -2.23. The summed E-state index contributed by atoms with van der Waals surface area (Å²) in [6, 6.07) is 8.50. The zero-order valence-corrected chi connectivity index (χ0v) is 17.3. The second kappa shape index (κ2) is 8.05. The predicted molar refractivity (Wildman–Crippen MR) is 118 cm³/mol. The molecule has 5 aromatic rings. The number of halogens is 3. The molecule has 1 atom stereocenters. The number of aromatic amines is 1. The molecule has 0 radical (unpaired) electrons. The highest BCUT2D eigenvalue weighted by molar-refractivity contribution is 5.84. The minimum atomic E-state index is -1.18. The van der Waals surface area contributed by atoms with Crippen molar-refractivity contribution in [1.29, 1.82) is 0 Å². The Balaban J connectivity index is 1.76. The summed E-state index contributed by atoms with van der Waals surface area (Å²) in [5, 5.41) is 3.77. The largest absolute Gasteiger partial charge is 0.360 e. The van der Waals surface area contributed by atoms with Gasteiger partial charge in [0.2, 0.25) is 0 Å². The summed E-state index contributed by atoms with van der Waals surface area (Å²) in [4.78, 5) is 28.9. The number of pyridine rings is 1. The molecule has 166 valence electrons. The van der Waals surface area contributed by atoms with E-state index < -0.39 is 29.1 Å². The number of fused-ring (bicyclic) bond motifs is 2. The number of benzene rings is 2. The van der Waals surface area contributed by atoms with Crippen LogP contribution in [0.4, 0.5) is 19.0 Å². The fraction of sp³-hybridized carbons (Fsp3) is 0.130. The zero-order valence-electron chi connectivity index (χ0n) is 17.3. The lowest BCUT2D eigenvalue weighted by Crippen LogP contribution is -2.27. The van der Waals surface area contributed by atoms with Crippen LogP contribution in [0.15, 0.2) is 59.9 Å². The Morgan fingerprint density at radius 1 is 1.09 bits per heavy atom. The van der Waals surface area contributed by atoms with Crippen LogP contribution in [-0.2, 0) is 0 Å². The number of aromatic nitrogens is 5. The van der Waals surface area contributed by atoms with E-state index in [4.69, 9.17) is 0 Å². The van der Waals surface area contributed by atoms with E-state index >= 15 is 0 Å². The van der Waals surface area contributed by atoms with Gasteiger partial charge in [-0.25, -0.2) is 28.1 Å². The number of imidazole rings is 1. The smallest absolute Gasteiger partial charge is 0.263 e. The number of hydrogen-bond acceptors (Lipinski definition) is 5. The Bertz CT molecular complexity index is 1560. The Morgan fingerprint density at radius 3 is 2.76 bits per heavy atom. The third-order valence-corrected chi connectivity index (χ3v) is 5.48.